The molecule has 0 aliphatic heterocycles. The predicted molar refractivity (Wildman–Crippen MR) is 107 cm³/mol. The van der Waals surface area contributed by atoms with Crippen LogP contribution >= 0.6 is 0 Å². The number of methoxy groups -OCH3 is 1. The molecule has 0 saturated carbocycles. The molecule has 0 bridgehead atoms. The zero-order chi connectivity index (χ0) is 21.9. The van der Waals surface area contributed by atoms with Crippen molar-refractivity contribution in [1.29, 1.82) is 0 Å². The van der Waals surface area contributed by atoms with E-state index in [1.165, 1.54) is 31.4 Å². The monoisotopic (exact) mass is 454 g/mol. The van der Waals surface area contributed by atoms with Gasteiger partial charge in [-0.2, -0.15) is 0 Å². The highest BCUT2D eigenvalue weighted by Crippen LogP contribution is 2.28. The molecule has 0 heterocycles. The lowest BCUT2D eigenvalue weighted by Crippen LogP contribution is -2.17. The molecule has 11 heteroatoms. The van der Waals surface area contributed by atoms with Crippen LogP contribution in [0.25, 0.3) is 0 Å². The first-order valence-corrected chi connectivity index (χ1v) is 11.3. The van der Waals surface area contributed by atoms with Gasteiger partial charge in [-0.05, 0) is 42.5 Å². The quantitative estimate of drug-likeness (QED) is 0.568. The van der Waals surface area contributed by atoms with Crippen molar-refractivity contribution in [1.82, 2.24) is 0 Å². The van der Waals surface area contributed by atoms with Crippen molar-refractivity contribution in [2.24, 2.45) is 0 Å². The van der Waals surface area contributed by atoms with Crippen LogP contribution in [0, 0.1) is 11.6 Å². The van der Waals surface area contributed by atoms with Gasteiger partial charge in [0.15, 0.2) is 4.90 Å². The minimum atomic E-state index is -4.64. The molecular weight excluding hydrogens is 438 g/mol. The van der Waals surface area contributed by atoms with Gasteiger partial charge < -0.3 is 4.74 Å². The standard InChI is InChI=1S/C19H16F2N2O5S2/c1-28-18-11-3-2-10-17(18)23-29(24,25)14-7-4-6-13(12-14)22-30(26,27)19-15(20)8-5-9-16(19)21/h2-12,22-23H,1H3. The molecule has 0 fully saturated rings. The maximum atomic E-state index is 13.9. The van der Waals surface area contributed by atoms with Gasteiger partial charge in [0.25, 0.3) is 20.0 Å². The van der Waals surface area contributed by atoms with Crippen LogP contribution in [-0.2, 0) is 20.0 Å². The van der Waals surface area contributed by atoms with Crippen molar-refractivity contribution < 1.29 is 30.4 Å². The third kappa shape index (κ3) is 4.52. The molecule has 30 heavy (non-hydrogen) atoms. The Hall–Kier alpha value is -3.18. The molecule has 7 nitrogen and oxygen atoms in total. The van der Waals surface area contributed by atoms with Gasteiger partial charge in [0.05, 0.1) is 23.4 Å². The molecular formula is C19H16F2N2O5S2. The highest BCUT2D eigenvalue weighted by Gasteiger charge is 2.25. The maximum Gasteiger partial charge on any atom is 0.267 e. The summed E-state index contributed by atoms with van der Waals surface area (Å²) in [4.78, 5) is -1.44. The summed E-state index contributed by atoms with van der Waals surface area (Å²) in [7, 11) is -7.38. The van der Waals surface area contributed by atoms with Crippen LogP contribution in [0.1, 0.15) is 0 Å². The van der Waals surface area contributed by atoms with Gasteiger partial charge in [-0.25, -0.2) is 25.6 Å². The number of para-hydroxylation sites is 2. The van der Waals surface area contributed by atoms with Gasteiger partial charge >= 0.3 is 0 Å². The fraction of sp³-hybridized carbons (Fsp3) is 0.0526. The molecule has 0 saturated heterocycles. The van der Waals surface area contributed by atoms with Crippen LogP contribution in [0.4, 0.5) is 20.2 Å². The maximum absolute atomic E-state index is 13.9. The van der Waals surface area contributed by atoms with Gasteiger partial charge in [-0.3, -0.25) is 9.44 Å². The third-order valence-corrected chi connectivity index (χ3v) is 6.73. The minimum Gasteiger partial charge on any atom is -0.495 e. The van der Waals surface area contributed by atoms with Crippen molar-refractivity contribution in [3.8, 4) is 5.75 Å². The summed E-state index contributed by atoms with van der Waals surface area (Å²) in [5.41, 5.74) is -0.0139. The molecule has 0 atom stereocenters. The second kappa shape index (κ2) is 8.28. The zero-order valence-electron chi connectivity index (χ0n) is 15.5. The highest BCUT2D eigenvalue weighted by molar-refractivity contribution is 7.93. The van der Waals surface area contributed by atoms with Crippen LogP contribution in [0.5, 0.6) is 5.75 Å². The van der Waals surface area contributed by atoms with Crippen molar-refractivity contribution in [3.05, 3.63) is 78.4 Å². The van der Waals surface area contributed by atoms with E-state index in [9.17, 15) is 25.6 Å². The average molecular weight is 454 g/mol. The molecule has 0 amide bonds. The summed E-state index contributed by atoms with van der Waals surface area (Å²) in [6.07, 6.45) is 0. The minimum absolute atomic E-state index is 0.180. The van der Waals surface area contributed by atoms with E-state index in [1.54, 1.807) is 18.2 Å². The number of sulfonamides is 2. The number of benzene rings is 3. The Morgan fingerprint density at radius 1 is 0.767 bits per heavy atom. The van der Waals surface area contributed by atoms with E-state index in [0.717, 1.165) is 24.3 Å². The van der Waals surface area contributed by atoms with Crippen molar-refractivity contribution in [2.45, 2.75) is 9.79 Å². The summed E-state index contributed by atoms with van der Waals surface area (Å²) in [6.45, 7) is 0. The third-order valence-electron chi connectivity index (χ3n) is 3.94. The Bertz CT molecular complexity index is 1280. The van der Waals surface area contributed by atoms with Crippen LogP contribution in [0.2, 0.25) is 0 Å². The molecule has 0 spiro atoms. The van der Waals surface area contributed by atoms with E-state index in [1.807, 2.05) is 4.72 Å². The molecule has 0 aliphatic rings. The van der Waals surface area contributed by atoms with Crippen molar-refractivity contribution in [3.63, 3.8) is 0 Å². The van der Waals surface area contributed by atoms with Gasteiger partial charge in [0, 0.05) is 0 Å². The Balaban J connectivity index is 1.92. The van der Waals surface area contributed by atoms with Crippen molar-refractivity contribution >= 4 is 31.4 Å². The number of hydrogen-bond donors (Lipinski definition) is 2. The lowest BCUT2D eigenvalue weighted by molar-refractivity contribution is 0.417. The number of halogens is 2. The van der Waals surface area contributed by atoms with E-state index in [-0.39, 0.29) is 22.0 Å². The number of ether oxygens (including phenoxy) is 1. The number of hydrogen-bond acceptors (Lipinski definition) is 5. The molecule has 3 rings (SSSR count). The first-order valence-electron chi connectivity index (χ1n) is 8.37. The molecule has 0 unspecified atom stereocenters. The second-order valence-electron chi connectivity index (χ2n) is 5.99. The Morgan fingerprint density at radius 3 is 2.07 bits per heavy atom. The highest BCUT2D eigenvalue weighted by atomic mass is 32.2. The fourth-order valence-corrected chi connectivity index (χ4v) is 4.91. The van der Waals surface area contributed by atoms with Crippen LogP contribution in [0.3, 0.4) is 0 Å². The largest absolute Gasteiger partial charge is 0.495 e. The Labute approximate surface area is 172 Å². The fourth-order valence-electron chi connectivity index (χ4n) is 2.60. The molecule has 0 radical (unpaired) electrons. The molecule has 3 aromatic rings. The summed E-state index contributed by atoms with van der Waals surface area (Å²) in [5.74, 6) is -2.26. The van der Waals surface area contributed by atoms with Crippen molar-refractivity contribution in [2.75, 3.05) is 16.6 Å². The lowest BCUT2D eigenvalue weighted by Gasteiger charge is -2.13. The molecule has 0 aliphatic carbocycles. The topological polar surface area (TPSA) is 102 Å². The van der Waals surface area contributed by atoms with Crippen LogP contribution in [0.15, 0.2) is 76.5 Å². The normalized spacial score (nSPS) is 11.7. The number of rotatable bonds is 7. The summed E-state index contributed by atoms with van der Waals surface area (Å²) in [6, 6.07) is 13.7. The van der Waals surface area contributed by atoms with Crippen LogP contribution < -0.4 is 14.2 Å². The summed E-state index contributed by atoms with van der Waals surface area (Å²) in [5, 5.41) is 0. The van der Waals surface area contributed by atoms with Gasteiger partial charge in [-0.1, -0.05) is 24.3 Å². The average Bonchev–Trinajstić information content (AvgIpc) is 2.67. The van der Waals surface area contributed by atoms with Gasteiger partial charge in [0.2, 0.25) is 0 Å². The molecule has 3 aromatic carbocycles. The first-order chi connectivity index (χ1) is 14.1. The van der Waals surface area contributed by atoms with E-state index in [2.05, 4.69) is 4.72 Å². The zero-order valence-corrected chi connectivity index (χ0v) is 17.1. The SMILES string of the molecule is COc1ccccc1NS(=O)(=O)c1cccc(NS(=O)(=O)c2c(F)cccc2F)c1. The molecule has 0 aromatic heterocycles. The second-order valence-corrected chi connectivity index (χ2v) is 9.29. The van der Waals surface area contributed by atoms with Crippen LogP contribution in [-0.4, -0.2) is 23.9 Å². The smallest absolute Gasteiger partial charge is 0.267 e. The summed E-state index contributed by atoms with van der Waals surface area (Å²) >= 11 is 0. The van der Waals surface area contributed by atoms with E-state index < -0.39 is 36.6 Å². The van der Waals surface area contributed by atoms with E-state index >= 15 is 0 Å². The number of anilines is 2. The molecule has 158 valence electrons. The van der Waals surface area contributed by atoms with E-state index in [4.69, 9.17) is 4.74 Å². The Kier molecular flexibility index (Phi) is 5.94. The van der Waals surface area contributed by atoms with E-state index in [0.29, 0.717) is 0 Å². The predicted octanol–water partition coefficient (Wildman–Crippen LogP) is 3.58. The molecule has 2 N–H and O–H groups in total. The Morgan fingerprint density at radius 2 is 1.40 bits per heavy atom. The number of nitrogens with one attached hydrogen (secondary N) is 2. The first kappa shape index (κ1) is 21.5. The van der Waals surface area contributed by atoms with Gasteiger partial charge in [0.1, 0.15) is 17.4 Å². The van der Waals surface area contributed by atoms with Gasteiger partial charge in [-0.15, -0.1) is 0 Å². The lowest BCUT2D eigenvalue weighted by atomic mass is 10.3. The summed E-state index contributed by atoms with van der Waals surface area (Å²) < 4.78 is 87.4.